The van der Waals surface area contributed by atoms with E-state index < -0.39 is 0 Å². The summed E-state index contributed by atoms with van der Waals surface area (Å²) in [7, 11) is 3.22. The van der Waals surface area contributed by atoms with Crippen LogP contribution < -0.4 is 15.0 Å². The number of nitriles is 1. The monoisotopic (exact) mass is 429 g/mol. The first-order valence-corrected chi connectivity index (χ1v) is 11.0. The normalized spacial score (nSPS) is 14.0. The van der Waals surface area contributed by atoms with Crippen molar-refractivity contribution >= 4 is 0 Å². The van der Waals surface area contributed by atoms with Gasteiger partial charge in [-0.2, -0.15) is 10.4 Å². The number of hydrogen-bond acceptors (Lipinski definition) is 5. The van der Waals surface area contributed by atoms with Crippen LogP contribution in [-0.2, 0) is 6.54 Å². The Kier molecular flexibility index (Phi) is 6.55. The molecule has 1 saturated carbocycles. The molecule has 2 aromatic carbocycles. The van der Waals surface area contributed by atoms with Gasteiger partial charge in [0, 0.05) is 17.7 Å². The minimum absolute atomic E-state index is 0.117. The van der Waals surface area contributed by atoms with Crippen molar-refractivity contribution in [3.05, 3.63) is 64.4 Å². The average molecular weight is 430 g/mol. The molecule has 1 aliphatic rings. The van der Waals surface area contributed by atoms with Crippen LogP contribution in [0.25, 0.3) is 22.4 Å². The predicted molar refractivity (Wildman–Crippen MR) is 124 cm³/mol. The quantitative estimate of drug-likeness (QED) is 0.548. The zero-order valence-electron chi connectivity index (χ0n) is 18.5. The maximum Gasteiger partial charge on any atom is 0.285 e. The van der Waals surface area contributed by atoms with Crippen molar-refractivity contribution in [2.24, 2.45) is 5.92 Å². The summed E-state index contributed by atoms with van der Waals surface area (Å²) in [6, 6.07) is 17.1. The van der Waals surface area contributed by atoms with Crippen molar-refractivity contribution in [3.63, 3.8) is 0 Å². The van der Waals surface area contributed by atoms with Crippen molar-refractivity contribution in [2.45, 2.75) is 38.6 Å². The van der Waals surface area contributed by atoms with E-state index in [2.05, 4.69) is 6.07 Å². The molecule has 0 atom stereocenters. The summed E-state index contributed by atoms with van der Waals surface area (Å²) >= 11 is 0. The second-order valence-electron chi connectivity index (χ2n) is 8.16. The highest BCUT2D eigenvalue weighted by atomic mass is 16.5. The SMILES string of the molecule is COc1ccc(-c2nn(CC3CCCCC3)c(=O)c(C#N)c2-c2ccc(OC)cc2)cc1. The lowest BCUT2D eigenvalue weighted by Crippen LogP contribution is -2.30. The van der Waals surface area contributed by atoms with E-state index in [4.69, 9.17) is 14.6 Å². The van der Waals surface area contributed by atoms with E-state index in [1.165, 1.54) is 23.9 Å². The van der Waals surface area contributed by atoms with E-state index >= 15 is 0 Å². The van der Waals surface area contributed by atoms with Gasteiger partial charge in [-0.3, -0.25) is 4.79 Å². The number of nitrogens with zero attached hydrogens (tertiary/aromatic N) is 3. The summed E-state index contributed by atoms with van der Waals surface area (Å²) in [6.45, 7) is 0.541. The zero-order valence-corrected chi connectivity index (χ0v) is 18.5. The van der Waals surface area contributed by atoms with Crippen LogP contribution in [0.4, 0.5) is 0 Å². The Morgan fingerprint density at radius 3 is 2.03 bits per heavy atom. The lowest BCUT2D eigenvalue weighted by molar-refractivity contribution is 0.303. The highest BCUT2D eigenvalue weighted by Crippen LogP contribution is 2.34. The number of methoxy groups -OCH3 is 2. The summed E-state index contributed by atoms with van der Waals surface area (Å²) < 4.78 is 12.1. The van der Waals surface area contributed by atoms with Gasteiger partial charge in [0.25, 0.3) is 5.56 Å². The van der Waals surface area contributed by atoms with E-state index in [-0.39, 0.29) is 11.1 Å². The van der Waals surface area contributed by atoms with E-state index in [0.29, 0.717) is 29.5 Å². The van der Waals surface area contributed by atoms with Gasteiger partial charge < -0.3 is 9.47 Å². The Morgan fingerprint density at radius 1 is 0.938 bits per heavy atom. The van der Waals surface area contributed by atoms with Gasteiger partial charge in [-0.05, 0) is 60.7 Å². The summed E-state index contributed by atoms with van der Waals surface area (Å²) in [5.74, 6) is 1.85. The molecule has 1 heterocycles. The van der Waals surface area contributed by atoms with Gasteiger partial charge in [0.1, 0.15) is 28.8 Å². The molecule has 0 bridgehead atoms. The lowest BCUT2D eigenvalue weighted by Gasteiger charge is -2.23. The molecule has 6 heteroatoms. The molecule has 1 aromatic heterocycles. The second-order valence-corrected chi connectivity index (χ2v) is 8.16. The molecule has 0 amide bonds. The molecule has 0 radical (unpaired) electrons. The summed E-state index contributed by atoms with van der Waals surface area (Å²) in [4.78, 5) is 13.3. The van der Waals surface area contributed by atoms with Gasteiger partial charge in [0.2, 0.25) is 0 Å². The van der Waals surface area contributed by atoms with Crippen LogP contribution in [0.1, 0.15) is 37.7 Å². The van der Waals surface area contributed by atoms with Crippen molar-refractivity contribution in [1.82, 2.24) is 9.78 Å². The Bertz CT molecular complexity index is 1170. The molecule has 0 N–H and O–H groups in total. The van der Waals surface area contributed by atoms with Crippen LogP contribution in [-0.4, -0.2) is 24.0 Å². The third-order valence-electron chi connectivity index (χ3n) is 6.17. The van der Waals surface area contributed by atoms with Crippen molar-refractivity contribution in [3.8, 4) is 40.0 Å². The highest BCUT2D eigenvalue weighted by Gasteiger charge is 2.23. The van der Waals surface area contributed by atoms with E-state index in [1.807, 2.05) is 48.5 Å². The van der Waals surface area contributed by atoms with Gasteiger partial charge in [-0.1, -0.05) is 31.4 Å². The Labute approximate surface area is 188 Å². The van der Waals surface area contributed by atoms with Crippen LogP contribution >= 0.6 is 0 Å². The first-order chi connectivity index (χ1) is 15.6. The minimum atomic E-state index is -0.332. The van der Waals surface area contributed by atoms with Crippen LogP contribution in [0, 0.1) is 17.2 Å². The van der Waals surface area contributed by atoms with Crippen LogP contribution in [0.3, 0.4) is 0 Å². The fourth-order valence-corrected chi connectivity index (χ4v) is 4.40. The Balaban J connectivity index is 1.90. The molecule has 164 valence electrons. The first kappa shape index (κ1) is 21.6. The smallest absolute Gasteiger partial charge is 0.285 e. The lowest BCUT2D eigenvalue weighted by atomic mass is 9.89. The van der Waals surface area contributed by atoms with Gasteiger partial charge in [-0.15, -0.1) is 0 Å². The first-order valence-electron chi connectivity index (χ1n) is 11.0. The number of benzene rings is 2. The average Bonchev–Trinajstić information content (AvgIpc) is 2.85. The number of aromatic nitrogens is 2. The van der Waals surface area contributed by atoms with Crippen molar-refractivity contribution in [1.29, 1.82) is 5.26 Å². The second kappa shape index (κ2) is 9.69. The number of ether oxygens (including phenoxy) is 2. The number of hydrogen-bond donors (Lipinski definition) is 0. The molecule has 0 saturated heterocycles. The fourth-order valence-electron chi connectivity index (χ4n) is 4.40. The third-order valence-corrected chi connectivity index (χ3v) is 6.17. The number of rotatable bonds is 6. The summed E-state index contributed by atoms with van der Waals surface area (Å²) in [5.41, 5.74) is 2.52. The maximum atomic E-state index is 13.3. The summed E-state index contributed by atoms with van der Waals surface area (Å²) in [5, 5.41) is 14.8. The topological polar surface area (TPSA) is 77.1 Å². The third kappa shape index (κ3) is 4.38. The van der Waals surface area contributed by atoms with Crippen molar-refractivity contribution in [2.75, 3.05) is 14.2 Å². The van der Waals surface area contributed by atoms with Crippen LogP contribution in [0.5, 0.6) is 11.5 Å². The van der Waals surface area contributed by atoms with Crippen LogP contribution in [0.15, 0.2) is 53.3 Å². The molecule has 6 nitrogen and oxygen atoms in total. The maximum absolute atomic E-state index is 13.3. The minimum Gasteiger partial charge on any atom is -0.497 e. The summed E-state index contributed by atoms with van der Waals surface area (Å²) in [6.07, 6.45) is 5.79. The molecular weight excluding hydrogens is 402 g/mol. The standard InChI is InChI=1S/C26H27N3O3/c1-31-21-12-8-19(9-13-21)24-23(16-27)26(30)29(17-18-6-4-3-5-7-18)28-25(24)20-10-14-22(32-2)15-11-20/h8-15,18H,3-7,17H2,1-2H3. The highest BCUT2D eigenvalue weighted by molar-refractivity contribution is 5.84. The van der Waals surface area contributed by atoms with Gasteiger partial charge >= 0.3 is 0 Å². The molecule has 3 aromatic rings. The van der Waals surface area contributed by atoms with Crippen LogP contribution in [0.2, 0.25) is 0 Å². The molecule has 0 unspecified atom stereocenters. The zero-order chi connectivity index (χ0) is 22.5. The Hall–Kier alpha value is -3.59. The van der Waals surface area contributed by atoms with E-state index in [0.717, 1.165) is 29.7 Å². The van der Waals surface area contributed by atoms with Gasteiger partial charge in [0.05, 0.1) is 14.2 Å². The Morgan fingerprint density at radius 2 is 1.50 bits per heavy atom. The molecule has 1 aliphatic carbocycles. The molecular formula is C26H27N3O3. The predicted octanol–water partition coefficient (Wildman–Crippen LogP) is 5.05. The van der Waals surface area contributed by atoms with Gasteiger partial charge in [0.15, 0.2) is 0 Å². The van der Waals surface area contributed by atoms with E-state index in [9.17, 15) is 10.1 Å². The molecule has 4 rings (SSSR count). The molecule has 0 aliphatic heterocycles. The largest absolute Gasteiger partial charge is 0.497 e. The molecule has 32 heavy (non-hydrogen) atoms. The fraction of sp³-hybridized carbons (Fsp3) is 0.346. The molecule has 1 fully saturated rings. The molecule has 0 spiro atoms. The van der Waals surface area contributed by atoms with Crippen molar-refractivity contribution < 1.29 is 9.47 Å². The van der Waals surface area contributed by atoms with Gasteiger partial charge in [-0.25, -0.2) is 4.68 Å². The van der Waals surface area contributed by atoms with E-state index in [1.54, 1.807) is 14.2 Å².